The lowest BCUT2D eigenvalue weighted by Crippen LogP contribution is -2.51. The van der Waals surface area contributed by atoms with E-state index < -0.39 is 0 Å². The maximum Gasteiger partial charge on any atom is 0.164 e. The number of hydrogen-bond acceptors (Lipinski definition) is 5. The Kier molecular flexibility index (Phi) is 3.90. The van der Waals surface area contributed by atoms with E-state index in [1.54, 1.807) is 0 Å². The fourth-order valence-electron chi connectivity index (χ4n) is 5.06. The lowest BCUT2D eigenvalue weighted by molar-refractivity contribution is -0.121. The van der Waals surface area contributed by atoms with Crippen molar-refractivity contribution < 1.29 is 4.79 Å². The molecule has 0 radical (unpaired) electrons. The number of halogens is 1. The van der Waals surface area contributed by atoms with E-state index >= 15 is 0 Å². The highest BCUT2D eigenvalue weighted by Crippen LogP contribution is 2.45. The Morgan fingerprint density at radius 1 is 1.29 bits per heavy atom. The van der Waals surface area contributed by atoms with Crippen molar-refractivity contribution in [1.29, 1.82) is 0 Å². The Morgan fingerprint density at radius 3 is 2.79 bits per heavy atom. The second kappa shape index (κ2) is 5.83. The van der Waals surface area contributed by atoms with Gasteiger partial charge in [0.2, 0.25) is 0 Å². The number of nitrogens with one attached hydrogen (secondary N) is 1. The number of piperidine rings is 3. The summed E-state index contributed by atoms with van der Waals surface area (Å²) in [7, 11) is 0. The van der Waals surface area contributed by atoms with Crippen molar-refractivity contribution >= 4 is 23.9 Å². The number of rotatable bonds is 1. The van der Waals surface area contributed by atoms with Gasteiger partial charge in [0.05, 0.1) is 11.6 Å². The second-order valence-corrected chi connectivity index (χ2v) is 7.33. The molecule has 128 valence electrons. The third-order valence-corrected chi connectivity index (χ3v) is 6.22. The summed E-state index contributed by atoms with van der Waals surface area (Å²) in [6.07, 6.45) is 8.14. The van der Waals surface area contributed by atoms with Crippen molar-refractivity contribution in [3.8, 4) is 0 Å². The average Bonchev–Trinajstić information content (AvgIpc) is 2.91. The molecule has 0 aromatic heterocycles. The predicted molar refractivity (Wildman–Crippen MR) is 95.6 cm³/mol. The fraction of sp³-hybridized carbons (Fsp3) is 0.556. The molecule has 1 N–H and O–H groups in total. The molecule has 2 bridgehead atoms. The number of ketones is 1. The first-order valence-electron chi connectivity index (χ1n) is 8.68. The van der Waals surface area contributed by atoms with Crippen LogP contribution >= 0.6 is 12.4 Å². The maximum absolute atomic E-state index is 13.0. The van der Waals surface area contributed by atoms with Gasteiger partial charge in [-0.2, -0.15) is 0 Å². The Hall–Kier alpha value is -1.43. The largest absolute Gasteiger partial charge is 0.303 e. The number of hydrogen-bond donors (Lipinski definition) is 1. The Labute approximate surface area is 148 Å². The lowest BCUT2D eigenvalue weighted by Gasteiger charge is -2.48. The van der Waals surface area contributed by atoms with Crippen molar-refractivity contribution in [3.63, 3.8) is 0 Å². The van der Waals surface area contributed by atoms with Crippen LogP contribution in [-0.2, 0) is 4.79 Å². The van der Waals surface area contributed by atoms with Gasteiger partial charge >= 0.3 is 0 Å². The SMILES string of the molecule is CC1=NC=CN2NCC3=C2C1=CC(=O)[C@H]3C1CN2CCC1CC2.Cl. The summed E-state index contributed by atoms with van der Waals surface area (Å²) in [5.74, 6) is 1.54. The minimum absolute atomic E-state index is 0. The maximum atomic E-state index is 13.0. The lowest BCUT2D eigenvalue weighted by atomic mass is 9.67. The van der Waals surface area contributed by atoms with Crippen LogP contribution in [0.3, 0.4) is 0 Å². The quantitative estimate of drug-likeness (QED) is 0.787. The molecule has 1 unspecified atom stereocenters. The van der Waals surface area contributed by atoms with Crippen LogP contribution in [0.2, 0.25) is 0 Å². The predicted octanol–water partition coefficient (Wildman–Crippen LogP) is 1.90. The monoisotopic (exact) mass is 346 g/mol. The van der Waals surface area contributed by atoms with Crippen molar-refractivity contribution in [2.45, 2.75) is 19.8 Å². The summed E-state index contributed by atoms with van der Waals surface area (Å²) in [6.45, 7) is 6.29. The number of carbonyl (C=O) groups excluding carboxylic acids is 1. The molecule has 6 rings (SSSR count). The van der Waals surface area contributed by atoms with Crippen LogP contribution in [0, 0.1) is 17.8 Å². The Balaban J connectivity index is 0.00000146. The van der Waals surface area contributed by atoms with Gasteiger partial charge in [0.15, 0.2) is 5.78 Å². The van der Waals surface area contributed by atoms with Crippen LogP contribution in [-0.4, -0.2) is 47.6 Å². The summed E-state index contributed by atoms with van der Waals surface area (Å²) in [4.78, 5) is 20.0. The minimum Gasteiger partial charge on any atom is -0.303 e. The molecule has 6 heteroatoms. The second-order valence-electron chi connectivity index (χ2n) is 7.33. The van der Waals surface area contributed by atoms with E-state index in [2.05, 4.69) is 20.3 Å². The minimum atomic E-state index is 0. The third-order valence-electron chi connectivity index (χ3n) is 6.22. The topological polar surface area (TPSA) is 47.9 Å². The van der Waals surface area contributed by atoms with E-state index in [-0.39, 0.29) is 24.1 Å². The van der Waals surface area contributed by atoms with Gasteiger partial charge in [-0.1, -0.05) is 0 Å². The number of hydrazine groups is 1. The smallest absolute Gasteiger partial charge is 0.164 e. The summed E-state index contributed by atoms with van der Waals surface area (Å²) >= 11 is 0. The van der Waals surface area contributed by atoms with Crippen LogP contribution in [0.1, 0.15) is 19.8 Å². The number of aliphatic imine (C=N–C) groups is 1. The van der Waals surface area contributed by atoms with Crippen LogP contribution in [0.15, 0.2) is 40.3 Å². The van der Waals surface area contributed by atoms with Gasteiger partial charge in [0, 0.05) is 36.8 Å². The molecular formula is C18H23ClN4O. The van der Waals surface area contributed by atoms with E-state index in [0.717, 1.165) is 24.4 Å². The molecule has 0 aromatic carbocycles. The van der Waals surface area contributed by atoms with Gasteiger partial charge in [0.1, 0.15) is 0 Å². The van der Waals surface area contributed by atoms with Crippen molar-refractivity contribution in [3.05, 3.63) is 35.3 Å². The number of fused-ring (bicyclic) bond motifs is 3. The molecule has 3 fully saturated rings. The molecule has 2 atom stereocenters. The molecule has 3 saturated heterocycles. The average molecular weight is 347 g/mol. The van der Waals surface area contributed by atoms with Gasteiger partial charge < -0.3 is 4.90 Å². The van der Waals surface area contributed by atoms with Gasteiger partial charge in [-0.15, -0.1) is 12.4 Å². The van der Waals surface area contributed by atoms with Crippen LogP contribution in [0.5, 0.6) is 0 Å². The zero-order valence-corrected chi connectivity index (χ0v) is 14.7. The molecule has 1 aliphatic carbocycles. The summed E-state index contributed by atoms with van der Waals surface area (Å²) in [5.41, 5.74) is 7.81. The number of allylic oxidation sites excluding steroid dienone is 2. The van der Waals surface area contributed by atoms with E-state index in [9.17, 15) is 4.79 Å². The van der Waals surface area contributed by atoms with E-state index in [1.165, 1.54) is 37.2 Å². The first kappa shape index (κ1) is 16.1. The van der Waals surface area contributed by atoms with Crippen LogP contribution in [0.4, 0.5) is 0 Å². The highest BCUT2D eigenvalue weighted by atomic mass is 35.5. The molecule has 5 heterocycles. The molecule has 0 spiro atoms. The van der Waals surface area contributed by atoms with Gasteiger partial charge in [0.25, 0.3) is 0 Å². The third kappa shape index (κ3) is 2.22. The number of carbonyl (C=O) groups is 1. The Bertz CT molecular complexity index is 700. The van der Waals surface area contributed by atoms with Crippen LogP contribution in [0.25, 0.3) is 0 Å². The van der Waals surface area contributed by atoms with E-state index in [4.69, 9.17) is 0 Å². The molecule has 5 aliphatic heterocycles. The summed E-state index contributed by atoms with van der Waals surface area (Å²) in [6, 6.07) is 0. The molecule has 6 aliphatic rings. The van der Waals surface area contributed by atoms with E-state index in [0.29, 0.717) is 11.8 Å². The zero-order valence-electron chi connectivity index (χ0n) is 13.9. The van der Waals surface area contributed by atoms with Crippen molar-refractivity contribution in [2.75, 3.05) is 26.2 Å². The van der Waals surface area contributed by atoms with Crippen LogP contribution < -0.4 is 5.43 Å². The van der Waals surface area contributed by atoms with Gasteiger partial charge in [-0.3, -0.25) is 14.8 Å². The highest BCUT2D eigenvalue weighted by Gasteiger charge is 2.46. The molecule has 5 nitrogen and oxygen atoms in total. The Morgan fingerprint density at radius 2 is 2.08 bits per heavy atom. The van der Waals surface area contributed by atoms with Gasteiger partial charge in [-0.05, 0) is 56.3 Å². The highest BCUT2D eigenvalue weighted by molar-refractivity contribution is 6.11. The summed E-state index contributed by atoms with van der Waals surface area (Å²) < 4.78 is 0. The first-order valence-corrected chi connectivity index (χ1v) is 8.68. The van der Waals surface area contributed by atoms with E-state index in [1.807, 2.05) is 25.4 Å². The van der Waals surface area contributed by atoms with Gasteiger partial charge in [-0.25, -0.2) is 5.43 Å². The molecule has 0 amide bonds. The molecular weight excluding hydrogens is 324 g/mol. The molecule has 24 heavy (non-hydrogen) atoms. The van der Waals surface area contributed by atoms with Crippen molar-refractivity contribution in [2.24, 2.45) is 22.7 Å². The number of nitrogens with zero attached hydrogens (tertiary/aromatic N) is 3. The molecule has 0 aromatic rings. The van der Waals surface area contributed by atoms with Crippen molar-refractivity contribution in [1.82, 2.24) is 15.3 Å². The molecule has 0 saturated carbocycles. The summed E-state index contributed by atoms with van der Waals surface area (Å²) in [5, 5.41) is 2.06. The first-order chi connectivity index (χ1) is 11.2. The normalized spacial score (nSPS) is 36.9. The fourth-order valence-corrected chi connectivity index (χ4v) is 5.06. The standard InChI is InChI=1S/C18H22N4O.ClH/c1-11-13-8-16(23)17(15-10-21-5-2-12(15)3-6-21)14-9-20-22(18(13)14)7-4-19-11;/h4,7-8,12,15,17,20H,2-3,5-6,9-10H2,1H3;1H/t15?,17-;/m1./s1. The zero-order chi connectivity index (χ0) is 15.6.